The molecule has 0 aromatic heterocycles. The van der Waals surface area contributed by atoms with Crippen LogP contribution in [-0.2, 0) is 18.4 Å². The molecule has 39 heavy (non-hydrogen) atoms. The summed E-state index contributed by atoms with van der Waals surface area (Å²) in [7, 11) is 0. The van der Waals surface area contributed by atoms with Gasteiger partial charge in [-0.25, -0.2) is 13.6 Å². The number of nitrogens with zero attached hydrogens (tertiary/aromatic N) is 1. The lowest BCUT2D eigenvalue weighted by molar-refractivity contribution is 0.219. The molecule has 2 amide bonds. The zero-order chi connectivity index (χ0) is 28.2. The van der Waals surface area contributed by atoms with E-state index in [-0.39, 0.29) is 23.4 Å². The van der Waals surface area contributed by atoms with Crippen LogP contribution in [0.3, 0.4) is 0 Å². The number of aryl methyl sites for hydroxylation is 1. The smallest absolute Gasteiger partial charge is 0.326 e. The van der Waals surface area contributed by atoms with Crippen molar-refractivity contribution in [3.63, 3.8) is 0 Å². The van der Waals surface area contributed by atoms with Crippen molar-refractivity contribution >= 4 is 11.7 Å². The average molecular weight is 533 g/mol. The summed E-state index contributed by atoms with van der Waals surface area (Å²) in [6, 6.07) is 16.7. The van der Waals surface area contributed by atoms with Crippen molar-refractivity contribution < 1.29 is 18.7 Å². The molecule has 0 saturated carbocycles. The zero-order valence-electron chi connectivity index (χ0n) is 23.2. The molecular formula is C33H38F2N2O2. The van der Waals surface area contributed by atoms with Crippen LogP contribution in [0.2, 0.25) is 0 Å². The van der Waals surface area contributed by atoms with E-state index in [9.17, 15) is 18.7 Å². The second-order valence-electron chi connectivity index (χ2n) is 11.6. The highest BCUT2D eigenvalue weighted by atomic mass is 19.1. The second-order valence-corrected chi connectivity index (χ2v) is 11.6. The van der Waals surface area contributed by atoms with E-state index in [1.807, 2.05) is 52.0 Å². The molecule has 0 spiro atoms. The first-order valence-corrected chi connectivity index (χ1v) is 13.6. The highest BCUT2D eigenvalue weighted by molar-refractivity contribution is 5.90. The fourth-order valence-corrected chi connectivity index (χ4v) is 5.25. The Kier molecular flexibility index (Phi) is 8.73. The topological polar surface area (TPSA) is 52.6 Å². The van der Waals surface area contributed by atoms with Gasteiger partial charge in [0.15, 0.2) is 0 Å². The number of amides is 2. The SMILES string of the molecule is Cc1cc(O)c(C(C)(C)C)cc1CN(C(=O)Nc1ccc(F)cc1F)C1=CCCCC(Cc2ccccc2)C1. The number of allylic oxidation sites excluding steroid dienone is 2. The average Bonchev–Trinajstić information content (AvgIpc) is 3.10. The third-order valence-corrected chi connectivity index (χ3v) is 7.42. The minimum absolute atomic E-state index is 0.0701. The standard InChI is InChI=1S/C33H38F2N2O2/c1-22-16-31(38)28(33(2,3)4)19-25(22)21-37(32(39)36-30-15-14-26(34)20-29(30)35)27-13-9-8-12-24(18-27)17-23-10-6-5-7-11-23/h5-7,10-11,13-16,19-20,24,38H,8-9,12,17-18,21H2,1-4H3,(H,36,39). The van der Waals surface area contributed by atoms with Gasteiger partial charge in [-0.1, -0.05) is 57.2 Å². The predicted molar refractivity (Wildman–Crippen MR) is 153 cm³/mol. The number of urea groups is 1. The van der Waals surface area contributed by atoms with Gasteiger partial charge in [-0.3, -0.25) is 4.90 Å². The van der Waals surface area contributed by atoms with Crippen LogP contribution >= 0.6 is 0 Å². The number of nitrogens with one attached hydrogen (secondary N) is 1. The van der Waals surface area contributed by atoms with E-state index in [4.69, 9.17) is 0 Å². The quantitative estimate of drug-likeness (QED) is 0.334. The molecule has 1 aliphatic carbocycles. The number of phenols is 1. The van der Waals surface area contributed by atoms with Gasteiger partial charge in [0.25, 0.3) is 0 Å². The summed E-state index contributed by atoms with van der Waals surface area (Å²) in [4.78, 5) is 15.4. The number of anilines is 1. The highest BCUT2D eigenvalue weighted by Gasteiger charge is 2.26. The lowest BCUT2D eigenvalue weighted by Crippen LogP contribution is -2.35. The molecule has 6 heteroatoms. The van der Waals surface area contributed by atoms with E-state index >= 15 is 0 Å². The Balaban J connectivity index is 1.68. The number of halogens is 2. The number of hydrogen-bond acceptors (Lipinski definition) is 2. The van der Waals surface area contributed by atoms with Gasteiger partial charge in [0, 0.05) is 11.8 Å². The Morgan fingerprint density at radius 3 is 2.51 bits per heavy atom. The van der Waals surface area contributed by atoms with Crippen molar-refractivity contribution in [2.75, 3.05) is 5.32 Å². The van der Waals surface area contributed by atoms with Crippen molar-refractivity contribution in [2.45, 2.75) is 71.8 Å². The van der Waals surface area contributed by atoms with Crippen LogP contribution in [0.25, 0.3) is 0 Å². The van der Waals surface area contributed by atoms with Gasteiger partial charge in [0.1, 0.15) is 17.4 Å². The monoisotopic (exact) mass is 532 g/mol. The van der Waals surface area contributed by atoms with E-state index in [0.29, 0.717) is 12.3 Å². The Labute approximate surface area is 230 Å². The predicted octanol–water partition coefficient (Wildman–Crippen LogP) is 8.63. The van der Waals surface area contributed by atoms with E-state index in [2.05, 4.69) is 23.5 Å². The molecule has 206 valence electrons. The van der Waals surface area contributed by atoms with E-state index in [1.165, 1.54) is 11.6 Å². The number of carbonyl (C=O) groups excluding carboxylic acids is 1. The van der Waals surface area contributed by atoms with Gasteiger partial charge in [-0.15, -0.1) is 0 Å². The normalized spacial score (nSPS) is 15.8. The van der Waals surface area contributed by atoms with Crippen LogP contribution in [0.5, 0.6) is 5.75 Å². The molecular weight excluding hydrogens is 494 g/mol. The van der Waals surface area contributed by atoms with Crippen molar-refractivity contribution in [3.05, 3.63) is 106 Å². The van der Waals surface area contributed by atoms with Gasteiger partial charge in [-0.05, 0) is 96.9 Å². The minimum atomic E-state index is -0.823. The molecule has 1 atom stereocenters. The van der Waals surface area contributed by atoms with Crippen molar-refractivity contribution in [1.29, 1.82) is 0 Å². The molecule has 2 N–H and O–H groups in total. The Morgan fingerprint density at radius 1 is 1.08 bits per heavy atom. The largest absolute Gasteiger partial charge is 0.508 e. The third-order valence-electron chi connectivity index (χ3n) is 7.42. The zero-order valence-corrected chi connectivity index (χ0v) is 23.2. The maximum Gasteiger partial charge on any atom is 0.326 e. The minimum Gasteiger partial charge on any atom is -0.508 e. The molecule has 0 fully saturated rings. The molecule has 1 unspecified atom stereocenters. The van der Waals surface area contributed by atoms with Crippen molar-refractivity contribution in [1.82, 2.24) is 4.90 Å². The Morgan fingerprint density at radius 2 is 1.82 bits per heavy atom. The molecule has 0 bridgehead atoms. The fraction of sp³-hybridized carbons (Fsp3) is 0.364. The second kappa shape index (κ2) is 12.0. The van der Waals surface area contributed by atoms with Crippen LogP contribution < -0.4 is 5.32 Å². The summed E-state index contributed by atoms with van der Waals surface area (Å²) in [5.41, 5.74) is 4.34. The first kappa shape index (κ1) is 28.3. The van der Waals surface area contributed by atoms with Crippen LogP contribution in [0.15, 0.2) is 72.4 Å². The number of phenolic OH excluding ortho intramolecular Hbond substituents is 1. The Bertz CT molecular complexity index is 1350. The molecule has 0 radical (unpaired) electrons. The maximum absolute atomic E-state index is 14.5. The molecule has 1 aliphatic rings. The number of benzene rings is 3. The third kappa shape index (κ3) is 7.25. The van der Waals surface area contributed by atoms with E-state index in [0.717, 1.165) is 60.2 Å². The molecule has 3 aromatic rings. The molecule has 4 nitrogen and oxygen atoms in total. The molecule has 0 aliphatic heterocycles. The Hall–Kier alpha value is -3.67. The fourth-order valence-electron chi connectivity index (χ4n) is 5.25. The lowest BCUT2D eigenvalue weighted by Gasteiger charge is -2.30. The van der Waals surface area contributed by atoms with Gasteiger partial charge in [0.05, 0.1) is 12.2 Å². The summed E-state index contributed by atoms with van der Waals surface area (Å²) < 4.78 is 28.0. The molecule has 4 rings (SSSR count). The summed E-state index contributed by atoms with van der Waals surface area (Å²) in [6.45, 7) is 8.27. The molecule has 3 aromatic carbocycles. The highest BCUT2D eigenvalue weighted by Crippen LogP contribution is 2.35. The number of rotatable bonds is 6. The summed E-state index contributed by atoms with van der Waals surface area (Å²) in [5.74, 6) is -0.947. The summed E-state index contributed by atoms with van der Waals surface area (Å²) in [6.07, 6.45) is 6.64. The molecule has 0 heterocycles. The first-order chi connectivity index (χ1) is 18.5. The summed E-state index contributed by atoms with van der Waals surface area (Å²) in [5, 5.41) is 13.3. The van der Waals surface area contributed by atoms with Crippen LogP contribution in [0.1, 0.15) is 68.7 Å². The lowest BCUT2D eigenvalue weighted by atomic mass is 9.84. The van der Waals surface area contributed by atoms with Crippen molar-refractivity contribution in [3.8, 4) is 5.75 Å². The first-order valence-electron chi connectivity index (χ1n) is 13.6. The number of carbonyl (C=O) groups is 1. The summed E-state index contributed by atoms with van der Waals surface area (Å²) >= 11 is 0. The van der Waals surface area contributed by atoms with Gasteiger partial charge >= 0.3 is 6.03 Å². The van der Waals surface area contributed by atoms with E-state index in [1.54, 1.807) is 11.0 Å². The maximum atomic E-state index is 14.5. The van der Waals surface area contributed by atoms with Crippen LogP contribution in [0.4, 0.5) is 19.3 Å². The van der Waals surface area contributed by atoms with E-state index < -0.39 is 17.7 Å². The van der Waals surface area contributed by atoms with Gasteiger partial charge in [0.2, 0.25) is 0 Å². The van der Waals surface area contributed by atoms with Crippen molar-refractivity contribution in [2.24, 2.45) is 5.92 Å². The van der Waals surface area contributed by atoms with Gasteiger partial charge < -0.3 is 10.4 Å². The molecule has 0 saturated heterocycles. The number of hydrogen-bond donors (Lipinski definition) is 2. The van der Waals surface area contributed by atoms with Gasteiger partial charge in [-0.2, -0.15) is 0 Å². The number of aromatic hydroxyl groups is 1. The van der Waals surface area contributed by atoms with Crippen LogP contribution in [-0.4, -0.2) is 16.0 Å². The van der Waals surface area contributed by atoms with Crippen LogP contribution in [0, 0.1) is 24.5 Å².